The number of fused-ring (bicyclic) bond motifs is 1. The van der Waals surface area contributed by atoms with Crippen molar-refractivity contribution in [1.29, 1.82) is 0 Å². The van der Waals surface area contributed by atoms with E-state index in [1.807, 2.05) is 19.2 Å². The summed E-state index contributed by atoms with van der Waals surface area (Å²) in [6, 6.07) is 2.27. The summed E-state index contributed by atoms with van der Waals surface area (Å²) in [5.74, 6) is 0.864. The number of hydrogen-bond acceptors (Lipinski definition) is 5. The summed E-state index contributed by atoms with van der Waals surface area (Å²) in [6.45, 7) is 7.90. The van der Waals surface area contributed by atoms with Crippen LogP contribution < -0.4 is 3.11 Å². The smallest absolute Gasteiger partial charge is 0.169 e. The van der Waals surface area contributed by atoms with Crippen molar-refractivity contribution in [1.82, 2.24) is 15.2 Å². The molecule has 2 aromatic heterocycles. The van der Waals surface area contributed by atoms with E-state index in [0.717, 1.165) is 28.9 Å². The van der Waals surface area contributed by atoms with Crippen LogP contribution in [0, 0.1) is 12.3 Å². The molecule has 2 aromatic rings. The number of nitrogens with zero attached hydrogens (tertiary/aromatic N) is 4. The largest absolute Gasteiger partial charge is 0.379 e. The molecule has 3 rings (SSSR count). The van der Waals surface area contributed by atoms with Crippen molar-refractivity contribution in [2.24, 2.45) is 5.41 Å². The van der Waals surface area contributed by atoms with Gasteiger partial charge in [-0.3, -0.25) is 8.10 Å². The number of pyridine rings is 1. The molecule has 0 spiro atoms. The fourth-order valence-electron chi connectivity index (χ4n) is 2.55. The van der Waals surface area contributed by atoms with E-state index in [2.05, 4.69) is 55.0 Å². The zero-order valence-corrected chi connectivity index (χ0v) is 14.0. The van der Waals surface area contributed by atoms with Crippen LogP contribution in [0.2, 0.25) is 0 Å². The van der Waals surface area contributed by atoms with Gasteiger partial charge in [-0.2, -0.15) is 5.10 Å². The first-order valence-corrected chi connectivity index (χ1v) is 7.57. The fourth-order valence-corrected chi connectivity index (χ4v) is 3.82. The second-order valence-corrected chi connectivity index (χ2v) is 6.90. The van der Waals surface area contributed by atoms with Gasteiger partial charge < -0.3 is 4.74 Å². The lowest BCUT2D eigenvalue weighted by atomic mass is 9.88. The van der Waals surface area contributed by atoms with Gasteiger partial charge in [-0.1, -0.05) is 13.8 Å². The summed E-state index contributed by atoms with van der Waals surface area (Å²) in [4.78, 5) is 4.23. The van der Waals surface area contributed by atoms with Crippen molar-refractivity contribution in [2.75, 3.05) is 16.3 Å². The second kappa shape index (κ2) is 5.07. The van der Waals surface area contributed by atoms with Gasteiger partial charge in [0.15, 0.2) is 5.82 Å². The highest BCUT2D eigenvalue weighted by molar-refractivity contribution is 14.1. The molecule has 106 valence electrons. The lowest BCUT2D eigenvalue weighted by Gasteiger charge is -2.32. The SMILES string of the molecule is Cc1nnc(N(I)C2COCC2(C)C)c2cnccc12. The Hall–Kier alpha value is -1.02. The summed E-state index contributed by atoms with van der Waals surface area (Å²) in [6.07, 6.45) is 3.65. The zero-order chi connectivity index (χ0) is 14.3. The molecule has 1 saturated heterocycles. The van der Waals surface area contributed by atoms with Crippen LogP contribution in [0.3, 0.4) is 0 Å². The van der Waals surface area contributed by atoms with Crippen molar-refractivity contribution in [2.45, 2.75) is 26.8 Å². The standard InChI is InChI=1S/C14H17IN4O/c1-9-10-4-5-16-6-11(10)13(18-17-9)19(15)12-7-20-8-14(12,2)3/h4-6,12H,7-8H2,1-3H3. The van der Waals surface area contributed by atoms with Crippen LogP contribution in [-0.2, 0) is 4.74 Å². The van der Waals surface area contributed by atoms with Gasteiger partial charge in [-0.15, -0.1) is 5.10 Å². The molecule has 3 heterocycles. The summed E-state index contributed by atoms with van der Waals surface area (Å²) < 4.78 is 7.79. The van der Waals surface area contributed by atoms with Crippen LogP contribution in [0.15, 0.2) is 18.5 Å². The molecule has 20 heavy (non-hydrogen) atoms. The Morgan fingerprint density at radius 3 is 2.85 bits per heavy atom. The maximum Gasteiger partial charge on any atom is 0.169 e. The van der Waals surface area contributed by atoms with Crippen molar-refractivity contribution < 1.29 is 4.74 Å². The molecule has 1 atom stereocenters. The third-order valence-corrected chi connectivity index (χ3v) is 5.00. The molecule has 0 saturated carbocycles. The number of hydrogen-bond donors (Lipinski definition) is 0. The molecule has 1 aliphatic heterocycles. The highest BCUT2D eigenvalue weighted by atomic mass is 127. The van der Waals surface area contributed by atoms with E-state index >= 15 is 0 Å². The lowest BCUT2D eigenvalue weighted by Crippen LogP contribution is -2.39. The van der Waals surface area contributed by atoms with Crippen molar-refractivity contribution >= 4 is 39.5 Å². The Labute approximate surface area is 132 Å². The number of anilines is 1. The van der Waals surface area contributed by atoms with Crippen LogP contribution in [0.25, 0.3) is 10.8 Å². The third kappa shape index (κ3) is 2.24. The molecule has 5 nitrogen and oxygen atoms in total. The minimum Gasteiger partial charge on any atom is -0.379 e. The zero-order valence-electron chi connectivity index (χ0n) is 11.8. The second-order valence-electron chi connectivity index (χ2n) is 5.86. The average molecular weight is 384 g/mol. The minimum atomic E-state index is 0.0995. The van der Waals surface area contributed by atoms with E-state index in [4.69, 9.17) is 4.74 Å². The van der Waals surface area contributed by atoms with E-state index in [1.165, 1.54) is 0 Å². The van der Waals surface area contributed by atoms with E-state index in [-0.39, 0.29) is 11.5 Å². The molecular formula is C14H17IN4O. The quantitative estimate of drug-likeness (QED) is 0.589. The summed E-state index contributed by atoms with van der Waals surface area (Å²) in [5.41, 5.74) is 1.03. The summed E-state index contributed by atoms with van der Waals surface area (Å²) in [5, 5.41) is 10.8. The Morgan fingerprint density at radius 2 is 2.15 bits per heavy atom. The number of aromatic nitrogens is 3. The van der Waals surface area contributed by atoms with E-state index in [1.54, 1.807) is 6.20 Å². The molecule has 0 N–H and O–H groups in total. The average Bonchev–Trinajstić information content (AvgIpc) is 2.78. The molecule has 6 heteroatoms. The monoisotopic (exact) mass is 384 g/mol. The van der Waals surface area contributed by atoms with E-state index in [9.17, 15) is 0 Å². The summed E-state index contributed by atoms with van der Waals surface area (Å²) >= 11 is 2.32. The minimum absolute atomic E-state index is 0.0995. The molecule has 0 bridgehead atoms. The molecule has 1 aliphatic rings. The number of halogens is 1. The van der Waals surface area contributed by atoms with Gasteiger partial charge in [0, 0.05) is 28.6 Å². The van der Waals surface area contributed by atoms with Crippen molar-refractivity contribution in [3.63, 3.8) is 0 Å². The topological polar surface area (TPSA) is 51.1 Å². The Kier molecular flexibility index (Phi) is 3.53. The third-order valence-electron chi connectivity index (χ3n) is 3.87. The Morgan fingerprint density at radius 1 is 1.35 bits per heavy atom. The Balaban J connectivity index is 2.08. The molecule has 0 aromatic carbocycles. The highest BCUT2D eigenvalue weighted by Crippen LogP contribution is 2.38. The number of rotatable bonds is 2. The first kappa shape index (κ1) is 13.9. The van der Waals surface area contributed by atoms with Gasteiger partial charge in [0.05, 0.1) is 47.8 Å². The van der Waals surface area contributed by atoms with Crippen molar-refractivity contribution in [3.8, 4) is 0 Å². The Bertz CT molecular complexity index is 646. The van der Waals surface area contributed by atoms with Gasteiger partial charge in [0.1, 0.15) is 0 Å². The maximum absolute atomic E-state index is 5.64. The predicted molar refractivity (Wildman–Crippen MR) is 87.0 cm³/mol. The predicted octanol–water partition coefficient (Wildman–Crippen LogP) is 2.91. The normalized spacial score (nSPS) is 21.3. The molecule has 1 fully saturated rings. The van der Waals surface area contributed by atoms with Gasteiger partial charge >= 0.3 is 0 Å². The van der Waals surface area contributed by atoms with Crippen LogP contribution in [-0.4, -0.2) is 34.4 Å². The van der Waals surface area contributed by atoms with Gasteiger partial charge in [-0.05, 0) is 13.0 Å². The first-order valence-electron chi connectivity index (χ1n) is 6.60. The maximum atomic E-state index is 5.64. The van der Waals surface area contributed by atoms with Gasteiger partial charge in [0.25, 0.3) is 0 Å². The highest BCUT2D eigenvalue weighted by Gasteiger charge is 2.40. The van der Waals surface area contributed by atoms with Gasteiger partial charge in [-0.25, -0.2) is 0 Å². The fraction of sp³-hybridized carbons (Fsp3) is 0.500. The molecule has 0 radical (unpaired) electrons. The number of aryl methyl sites for hydroxylation is 1. The lowest BCUT2D eigenvalue weighted by molar-refractivity contribution is 0.167. The van der Waals surface area contributed by atoms with Crippen LogP contribution in [0.4, 0.5) is 5.82 Å². The first-order chi connectivity index (χ1) is 9.50. The molecule has 1 unspecified atom stereocenters. The van der Waals surface area contributed by atoms with Gasteiger partial charge in [0.2, 0.25) is 0 Å². The molecular weight excluding hydrogens is 367 g/mol. The van der Waals surface area contributed by atoms with Crippen LogP contribution >= 0.6 is 22.9 Å². The van der Waals surface area contributed by atoms with E-state index in [0.29, 0.717) is 6.61 Å². The van der Waals surface area contributed by atoms with Crippen molar-refractivity contribution in [3.05, 3.63) is 24.2 Å². The summed E-state index contributed by atoms with van der Waals surface area (Å²) in [7, 11) is 0. The van der Waals surface area contributed by atoms with Crippen LogP contribution in [0.1, 0.15) is 19.5 Å². The molecule has 0 amide bonds. The van der Waals surface area contributed by atoms with Crippen LogP contribution in [0.5, 0.6) is 0 Å². The molecule has 0 aliphatic carbocycles. The van der Waals surface area contributed by atoms with E-state index < -0.39 is 0 Å². The number of ether oxygens (including phenoxy) is 1.